The summed E-state index contributed by atoms with van der Waals surface area (Å²) in [4.78, 5) is 20.5. The van der Waals surface area contributed by atoms with Crippen LogP contribution in [0.25, 0.3) is 0 Å². The van der Waals surface area contributed by atoms with E-state index in [9.17, 15) is 9.59 Å². The van der Waals surface area contributed by atoms with Gasteiger partial charge in [-0.25, -0.2) is 0 Å². The van der Waals surface area contributed by atoms with E-state index in [4.69, 9.17) is 0 Å². The van der Waals surface area contributed by atoms with Crippen molar-refractivity contribution in [3.63, 3.8) is 0 Å². The van der Waals surface area contributed by atoms with Gasteiger partial charge in [-0.3, -0.25) is 9.59 Å². The van der Waals surface area contributed by atoms with Gasteiger partial charge >= 0.3 is 0 Å². The molecule has 0 aromatic rings. The van der Waals surface area contributed by atoms with E-state index in [0.29, 0.717) is 13.0 Å². The van der Waals surface area contributed by atoms with Crippen molar-refractivity contribution in [1.29, 1.82) is 0 Å². The van der Waals surface area contributed by atoms with Crippen LogP contribution >= 0.6 is 0 Å². The molecule has 0 aliphatic carbocycles. The SMILES string of the molecule is CCCCNC(=O)CNC=O. The summed E-state index contributed by atoms with van der Waals surface area (Å²) in [7, 11) is 0. The molecular formula is C7H14N2O2. The fraction of sp³-hybridized carbons (Fsp3) is 0.714. The van der Waals surface area contributed by atoms with Crippen LogP contribution in [-0.2, 0) is 9.59 Å². The van der Waals surface area contributed by atoms with Gasteiger partial charge in [-0.05, 0) is 6.42 Å². The molecule has 0 aromatic carbocycles. The highest BCUT2D eigenvalue weighted by Crippen LogP contribution is 1.81. The maximum Gasteiger partial charge on any atom is 0.239 e. The average Bonchev–Trinajstić information content (AvgIpc) is 2.01. The Labute approximate surface area is 66.4 Å². The molecule has 0 aromatic heterocycles. The van der Waals surface area contributed by atoms with E-state index in [1.165, 1.54) is 0 Å². The van der Waals surface area contributed by atoms with E-state index in [-0.39, 0.29) is 12.5 Å². The largest absolute Gasteiger partial charge is 0.355 e. The molecule has 0 rings (SSSR count). The van der Waals surface area contributed by atoms with Crippen molar-refractivity contribution in [3.05, 3.63) is 0 Å². The Morgan fingerprint density at radius 1 is 1.55 bits per heavy atom. The zero-order valence-electron chi connectivity index (χ0n) is 6.72. The van der Waals surface area contributed by atoms with Gasteiger partial charge in [0.25, 0.3) is 0 Å². The van der Waals surface area contributed by atoms with Crippen molar-refractivity contribution in [1.82, 2.24) is 10.6 Å². The molecule has 0 fully saturated rings. The summed E-state index contributed by atoms with van der Waals surface area (Å²) in [6.07, 6.45) is 2.55. The third-order valence-electron chi connectivity index (χ3n) is 1.20. The predicted molar refractivity (Wildman–Crippen MR) is 42.0 cm³/mol. The molecule has 2 amide bonds. The molecule has 0 heterocycles. The van der Waals surface area contributed by atoms with Crippen molar-refractivity contribution >= 4 is 12.3 Å². The minimum absolute atomic E-state index is 0.0766. The number of carbonyl (C=O) groups excluding carboxylic acids is 2. The zero-order chi connectivity index (χ0) is 8.53. The monoisotopic (exact) mass is 158 g/mol. The highest BCUT2D eigenvalue weighted by Gasteiger charge is 1.96. The lowest BCUT2D eigenvalue weighted by atomic mass is 10.3. The lowest BCUT2D eigenvalue weighted by Gasteiger charge is -2.01. The molecule has 0 atom stereocenters. The molecule has 0 spiro atoms. The molecule has 4 nitrogen and oxygen atoms in total. The standard InChI is InChI=1S/C7H14N2O2/c1-2-3-4-9-7(11)5-8-6-10/h6H,2-5H2,1H3,(H,8,10)(H,9,11). The minimum atomic E-state index is -0.134. The molecule has 0 unspecified atom stereocenters. The Morgan fingerprint density at radius 2 is 2.27 bits per heavy atom. The van der Waals surface area contributed by atoms with Crippen molar-refractivity contribution in [2.45, 2.75) is 19.8 Å². The van der Waals surface area contributed by atoms with Crippen molar-refractivity contribution < 1.29 is 9.59 Å². The number of unbranched alkanes of at least 4 members (excludes halogenated alkanes) is 1. The van der Waals surface area contributed by atoms with E-state index in [1.807, 2.05) is 0 Å². The number of hydrogen-bond donors (Lipinski definition) is 2. The summed E-state index contributed by atoms with van der Waals surface area (Å²) in [6.45, 7) is 2.82. The van der Waals surface area contributed by atoms with Gasteiger partial charge in [0.1, 0.15) is 0 Å². The molecule has 0 saturated carbocycles. The molecule has 4 heteroatoms. The number of nitrogens with one attached hydrogen (secondary N) is 2. The highest BCUT2D eigenvalue weighted by molar-refractivity contribution is 5.79. The van der Waals surface area contributed by atoms with Crippen LogP contribution < -0.4 is 10.6 Å². The van der Waals surface area contributed by atoms with Crippen LogP contribution in [0.15, 0.2) is 0 Å². The first-order valence-electron chi connectivity index (χ1n) is 3.75. The fourth-order valence-corrected chi connectivity index (χ4v) is 0.601. The van der Waals surface area contributed by atoms with Gasteiger partial charge in [0, 0.05) is 6.54 Å². The van der Waals surface area contributed by atoms with Crippen LogP contribution in [0.3, 0.4) is 0 Å². The third-order valence-corrected chi connectivity index (χ3v) is 1.20. The molecule has 0 aliphatic rings. The summed E-state index contributed by atoms with van der Waals surface area (Å²) < 4.78 is 0. The Bertz CT molecular complexity index is 126. The second-order valence-corrected chi connectivity index (χ2v) is 2.20. The van der Waals surface area contributed by atoms with E-state index in [2.05, 4.69) is 17.6 Å². The highest BCUT2D eigenvalue weighted by atomic mass is 16.2. The molecule has 0 aliphatic heterocycles. The Kier molecular flexibility index (Phi) is 6.37. The summed E-state index contributed by atoms with van der Waals surface area (Å²) >= 11 is 0. The summed E-state index contributed by atoms with van der Waals surface area (Å²) in [5, 5.41) is 4.94. The van der Waals surface area contributed by atoms with Crippen LogP contribution in [0, 0.1) is 0 Å². The number of hydrogen-bond acceptors (Lipinski definition) is 2. The molecular weight excluding hydrogens is 144 g/mol. The van der Waals surface area contributed by atoms with Crippen molar-refractivity contribution in [2.75, 3.05) is 13.1 Å². The zero-order valence-corrected chi connectivity index (χ0v) is 6.72. The first kappa shape index (κ1) is 9.94. The molecule has 0 radical (unpaired) electrons. The smallest absolute Gasteiger partial charge is 0.239 e. The first-order valence-corrected chi connectivity index (χ1v) is 3.75. The molecule has 64 valence electrons. The van der Waals surface area contributed by atoms with Crippen LogP contribution in [0.4, 0.5) is 0 Å². The number of rotatable bonds is 6. The molecule has 2 N–H and O–H groups in total. The normalized spacial score (nSPS) is 8.82. The first-order chi connectivity index (χ1) is 5.31. The topological polar surface area (TPSA) is 58.2 Å². The van der Waals surface area contributed by atoms with Gasteiger partial charge in [-0.2, -0.15) is 0 Å². The quantitative estimate of drug-likeness (QED) is 0.410. The van der Waals surface area contributed by atoms with E-state index < -0.39 is 0 Å². The Morgan fingerprint density at radius 3 is 2.82 bits per heavy atom. The second-order valence-electron chi connectivity index (χ2n) is 2.20. The summed E-state index contributed by atoms with van der Waals surface area (Å²) in [6, 6.07) is 0. The van der Waals surface area contributed by atoms with Gasteiger partial charge in [-0.15, -0.1) is 0 Å². The maximum atomic E-state index is 10.7. The Balaban J connectivity index is 3.15. The fourth-order valence-electron chi connectivity index (χ4n) is 0.601. The third kappa shape index (κ3) is 6.83. The van der Waals surface area contributed by atoms with Gasteiger partial charge in [-0.1, -0.05) is 13.3 Å². The van der Waals surface area contributed by atoms with Crippen LogP contribution in [0.2, 0.25) is 0 Å². The lowest BCUT2D eigenvalue weighted by Crippen LogP contribution is -2.33. The molecule has 11 heavy (non-hydrogen) atoms. The van der Waals surface area contributed by atoms with E-state index in [1.54, 1.807) is 0 Å². The molecule has 0 bridgehead atoms. The summed E-state index contributed by atoms with van der Waals surface area (Å²) in [5.41, 5.74) is 0. The van der Waals surface area contributed by atoms with Crippen LogP contribution in [-0.4, -0.2) is 25.4 Å². The molecule has 0 saturated heterocycles. The van der Waals surface area contributed by atoms with Gasteiger partial charge in [0.15, 0.2) is 0 Å². The van der Waals surface area contributed by atoms with Gasteiger partial charge in [0.2, 0.25) is 12.3 Å². The van der Waals surface area contributed by atoms with Crippen molar-refractivity contribution in [2.24, 2.45) is 0 Å². The van der Waals surface area contributed by atoms with E-state index >= 15 is 0 Å². The predicted octanol–water partition coefficient (Wildman–Crippen LogP) is -0.351. The van der Waals surface area contributed by atoms with Crippen LogP contribution in [0.1, 0.15) is 19.8 Å². The second kappa shape index (κ2) is 7.05. The number of carbonyl (C=O) groups is 2. The maximum absolute atomic E-state index is 10.7. The number of amides is 2. The van der Waals surface area contributed by atoms with E-state index in [0.717, 1.165) is 12.8 Å². The lowest BCUT2D eigenvalue weighted by molar-refractivity contribution is -0.122. The van der Waals surface area contributed by atoms with Crippen LogP contribution in [0.5, 0.6) is 0 Å². The Hall–Kier alpha value is -1.06. The average molecular weight is 158 g/mol. The van der Waals surface area contributed by atoms with Crippen molar-refractivity contribution in [3.8, 4) is 0 Å². The summed E-state index contributed by atoms with van der Waals surface area (Å²) in [5.74, 6) is -0.134. The van der Waals surface area contributed by atoms with Gasteiger partial charge in [0.05, 0.1) is 6.54 Å². The van der Waals surface area contributed by atoms with Gasteiger partial charge < -0.3 is 10.6 Å². The minimum Gasteiger partial charge on any atom is -0.355 e.